The second-order valence-corrected chi connectivity index (χ2v) is 14.6. The van der Waals surface area contributed by atoms with Gasteiger partial charge in [-0.1, -0.05) is 115 Å². The molecule has 1 aromatic rings. The summed E-state index contributed by atoms with van der Waals surface area (Å²) in [6, 6.07) is 4.50. The number of unbranched alkanes of at least 4 members (excludes halogenated alkanes) is 6. The van der Waals surface area contributed by atoms with Gasteiger partial charge in [0.2, 0.25) is 0 Å². The number of thiophene rings is 1. The number of rotatable bonds is 11. The van der Waals surface area contributed by atoms with Gasteiger partial charge in [-0.3, -0.25) is 0 Å². The Morgan fingerprint density at radius 1 is 1.08 bits per heavy atom. The van der Waals surface area contributed by atoms with Crippen molar-refractivity contribution in [3.63, 3.8) is 0 Å². The molecule has 1 aromatic heterocycles. The van der Waals surface area contributed by atoms with E-state index in [1.807, 2.05) is 11.3 Å². The van der Waals surface area contributed by atoms with Gasteiger partial charge in [-0.2, -0.15) is 0 Å². The molecule has 2 heterocycles. The first-order chi connectivity index (χ1) is 11.6. The molecule has 0 amide bonds. The van der Waals surface area contributed by atoms with E-state index in [0.29, 0.717) is 5.92 Å². The summed E-state index contributed by atoms with van der Waals surface area (Å²) in [5, 5.41) is 2.22. The first kappa shape index (κ1) is 21.3. The molecule has 0 aliphatic carbocycles. The van der Waals surface area contributed by atoms with Crippen LogP contribution in [0.4, 0.5) is 0 Å². The lowest BCUT2D eigenvalue weighted by molar-refractivity contribution is 0.519. The fourth-order valence-electron chi connectivity index (χ4n) is 3.40. The highest BCUT2D eigenvalue weighted by molar-refractivity contribution is 14.1. The van der Waals surface area contributed by atoms with Crippen LogP contribution in [0, 0.1) is 5.92 Å². The van der Waals surface area contributed by atoms with E-state index in [9.17, 15) is 0 Å². The number of halogens is 2. The Bertz CT molecular complexity index is 508. The average molecular weight is 541 g/mol. The fraction of sp³-hybridized carbons (Fsp3) is 0.700. The molecule has 2 atom stereocenters. The summed E-state index contributed by atoms with van der Waals surface area (Å²) in [7, 11) is 0. The minimum Gasteiger partial charge on any atom is -0.143 e. The van der Waals surface area contributed by atoms with Gasteiger partial charge in [0.05, 0.1) is 0 Å². The van der Waals surface area contributed by atoms with E-state index >= 15 is 0 Å². The molecule has 0 bridgehead atoms. The minimum atomic E-state index is 0.149. The van der Waals surface area contributed by atoms with Gasteiger partial charge in [-0.15, -0.1) is 11.3 Å². The van der Waals surface area contributed by atoms with Crippen LogP contribution >= 0.6 is 61.6 Å². The van der Waals surface area contributed by atoms with E-state index in [-0.39, 0.29) is 1.66 Å². The molecule has 0 N–H and O–H groups in total. The lowest BCUT2D eigenvalue weighted by Crippen LogP contribution is -2.18. The lowest BCUT2D eigenvalue weighted by Gasteiger charge is -2.25. The molecule has 0 spiro atoms. The van der Waals surface area contributed by atoms with E-state index in [2.05, 4.69) is 81.6 Å². The molecule has 0 aromatic carbocycles. The summed E-state index contributed by atoms with van der Waals surface area (Å²) in [6.45, 7) is 4.60. The molecule has 2 unspecified atom stereocenters. The fourth-order valence-corrected chi connectivity index (χ4v) is 7.92. The number of hydrogen-bond donors (Lipinski definition) is 0. The van der Waals surface area contributed by atoms with Crippen LogP contribution in [-0.4, -0.2) is 1.66 Å². The maximum atomic E-state index is 4.08. The van der Waals surface area contributed by atoms with E-state index in [1.54, 1.807) is 10.5 Å². The van der Waals surface area contributed by atoms with Crippen LogP contribution in [0.15, 0.2) is 23.1 Å². The summed E-state index contributed by atoms with van der Waals surface area (Å²) in [4.78, 5) is 3.05. The lowest BCUT2D eigenvalue weighted by atomic mass is 9.90. The van der Waals surface area contributed by atoms with Crippen LogP contribution in [-0.2, 0) is 0 Å². The van der Waals surface area contributed by atoms with Crippen LogP contribution in [0.25, 0.3) is 4.91 Å². The molecule has 1 aliphatic rings. The minimum absolute atomic E-state index is 0.149. The van der Waals surface area contributed by atoms with Gasteiger partial charge in [-0.25, -0.2) is 0 Å². The number of hydrogen-bond acceptors (Lipinski definition) is 2. The van der Waals surface area contributed by atoms with Crippen molar-refractivity contribution in [3.8, 4) is 0 Å². The summed E-state index contributed by atoms with van der Waals surface area (Å²) >= 11 is 10.7. The Morgan fingerprint density at radius 3 is 2.42 bits per heavy atom. The van der Waals surface area contributed by atoms with Crippen molar-refractivity contribution in [1.29, 1.82) is 0 Å². The molecule has 0 fully saturated rings. The second-order valence-electron chi connectivity index (χ2n) is 6.71. The van der Waals surface area contributed by atoms with Crippen molar-refractivity contribution in [3.05, 3.63) is 28.0 Å². The molecule has 2 rings (SSSR count). The van der Waals surface area contributed by atoms with Gasteiger partial charge in [0.1, 0.15) is 1.66 Å². The Balaban J connectivity index is 2.13. The van der Waals surface area contributed by atoms with Gasteiger partial charge >= 0.3 is 0 Å². The van der Waals surface area contributed by atoms with Crippen LogP contribution in [0.1, 0.15) is 82.9 Å². The van der Waals surface area contributed by atoms with Gasteiger partial charge in [0, 0.05) is 15.7 Å². The van der Waals surface area contributed by atoms with E-state index in [1.165, 1.54) is 69.1 Å². The van der Waals surface area contributed by atoms with Gasteiger partial charge in [-0.05, 0) is 36.3 Å². The average Bonchev–Trinajstić information content (AvgIpc) is 3.15. The molecule has 0 saturated carbocycles. The third-order valence-electron chi connectivity index (χ3n) is 4.75. The molecule has 4 heteroatoms. The highest BCUT2D eigenvalue weighted by Crippen LogP contribution is 2.63. The molecule has 0 nitrogen and oxygen atoms in total. The number of thioether (sulfide) groups is 1. The van der Waals surface area contributed by atoms with Gasteiger partial charge in [0.15, 0.2) is 0 Å². The quantitative estimate of drug-likeness (QED) is 0.153. The number of alkyl halides is 2. The first-order valence-corrected chi connectivity index (χ1v) is 13.0. The number of allylic oxidation sites excluding steroid dienone is 1. The first-order valence-electron chi connectivity index (χ1n) is 9.43. The summed E-state index contributed by atoms with van der Waals surface area (Å²) < 4.78 is 0.149. The monoisotopic (exact) mass is 540 g/mol. The molecule has 136 valence electrons. The second kappa shape index (κ2) is 11.0. The zero-order valence-corrected chi connectivity index (χ0v) is 20.3. The standard InChI is InChI=1S/C20H30BrIS2/c1-3-5-7-9-12-16-17(13-10-8-6-4-2)20(21,22)24-19(16)18-14-11-15-23-18/h11,14-15,17H,3-10,12-13H2,1-2H3. The van der Waals surface area contributed by atoms with Crippen molar-refractivity contribution in [2.45, 2.75) is 79.7 Å². The largest absolute Gasteiger partial charge is 0.143 e. The maximum Gasteiger partial charge on any atom is 0.133 e. The topological polar surface area (TPSA) is 0 Å². The van der Waals surface area contributed by atoms with Crippen LogP contribution in [0.3, 0.4) is 0 Å². The highest BCUT2D eigenvalue weighted by Gasteiger charge is 2.44. The predicted octanol–water partition coefficient (Wildman–Crippen LogP) is 9.25. The summed E-state index contributed by atoms with van der Waals surface area (Å²) in [5.74, 6) is 0.679. The van der Waals surface area contributed by atoms with Crippen LogP contribution in [0.5, 0.6) is 0 Å². The Hall–Kier alpha value is 1.000. The zero-order valence-electron chi connectivity index (χ0n) is 15.0. The highest BCUT2D eigenvalue weighted by atomic mass is 127. The van der Waals surface area contributed by atoms with Crippen molar-refractivity contribution in [2.75, 3.05) is 0 Å². The Morgan fingerprint density at radius 2 is 1.79 bits per heavy atom. The summed E-state index contributed by atoms with van der Waals surface area (Å²) in [6.07, 6.45) is 13.5. The molecule has 1 aliphatic heterocycles. The normalized spacial score (nSPS) is 24.1. The SMILES string of the molecule is CCCCCCC1=C(c2cccs2)SC(Br)(I)C1CCCCCC. The van der Waals surface area contributed by atoms with Gasteiger partial charge < -0.3 is 0 Å². The van der Waals surface area contributed by atoms with Crippen molar-refractivity contribution < 1.29 is 0 Å². The zero-order chi connectivity index (χ0) is 17.4. The van der Waals surface area contributed by atoms with Crippen molar-refractivity contribution in [2.24, 2.45) is 5.92 Å². The van der Waals surface area contributed by atoms with Gasteiger partial charge in [0.25, 0.3) is 0 Å². The Labute approximate surface area is 178 Å². The van der Waals surface area contributed by atoms with Crippen LogP contribution in [0.2, 0.25) is 0 Å². The van der Waals surface area contributed by atoms with E-state index in [0.717, 1.165) is 0 Å². The van der Waals surface area contributed by atoms with E-state index in [4.69, 9.17) is 0 Å². The molecular formula is C20H30BrIS2. The smallest absolute Gasteiger partial charge is 0.133 e. The predicted molar refractivity (Wildman–Crippen MR) is 126 cm³/mol. The van der Waals surface area contributed by atoms with E-state index < -0.39 is 0 Å². The third kappa shape index (κ3) is 6.02. The van der Waals surface area contributed by atoms with Crippen LogP contribution < -0.4 is 0 Å². The van der Waals surface area contributed by atoms with Crippen molar-refractivity contribution >= 4 is 66.5 Å². The summed E-state index contributed by atoms with van der Waals surface area (Å²) in [5.41, 5.74) is 1.74. The molecule has 0 radical (unpaired) electrons. The molecular weight excluding hydrogens is 511 g/mol. The molecule has 24 heavy (non-hydrogen) atoms. The maximum absolute atomic E-state index is 4.08. The molecule has 0 saturated heterocycles. The van der Waals surface area contributed by atoms with Crippen molar-refractivity contribution in [1.82, 2.24) is 0 Å². The third-order valence-corrected chi connectivity index (χ3v) is 9.46. The Kier molecular flexibility index (Phi) is 9.75.